The van der Waals surface area contributed by atoms with Crippen LogP contribution in [0.5, 0.6) is 0 Å². The second-order valence-electron chi connectivity index (χ2n) is 10.4. The topological polar surface area (TPSA) is 81.2 Å². The highest BCUT2D eigenvalue weighted by Crippen LogP contribution is 2.61. The highest BCUT2D eigenvalue weighted by atomic mass is 32.2. The Morgan fingerprint density at radius 3 is 2.57 bits per heavy atom. The molecule has 6 rings (SSSR count). The molecule has 1 unspecified atom stereocenters. The molecule has 4 aliphatic heterocycles. The van der Waals surface area contributed by atoms with Crippen LogP contribution in [0.1, 0.15) is 13.3 Å². The minimum atomic E-state index is -0.879. The molecule has 4 aliphatic rings. The Bertz CT molecular complexity index is 1340. The number of hydrogen-bond donors (Lipinski definition) is 1. The zero-order chi connectivity index (χ0) is 25.9. The molecule has 0 bridgehead atoms. The van der Waals surface area contributed by atoms with Crippen molar-refractivity contribution in [2.45, 2.75) is 35.4 Å². The maximum Gasteiger partial charge on any atom is 0.251 e. The Hall–Kier alpha value is -3.10. The van der Waals surface area contributed by atoms with E-state index in [2.05, 4.69) is 0 Å². The molecule has 2 aromatic rings. The van der Waals surface area contributed by atoms with Gasteiger partial charge in [0.15, 0.2) is 0 Å². The zero-order valence-electron chi connectivity index (χ0n) is 21.0. The van der Waals surface area contributed by atoms with E-state index in [9.17, 15) is 19.5 Å². The van der Waals surface area contributed by atoms with Gasteiger partial charge >= 0.3 is 0 Å². The Morgan fingerprint density at radius 1 is 1.03 bits per heavy atom. The van der Waals surface area contributed by atoms with Crippen molar-refractivity contribution in [1.82, 2.24) is 9.80 Å². The van der Waals surface area contributed by atoms with E-state index in [1.165, 1.54) is 0 Å². The number of carbonyl (C=O) groups is 3. The van der Waals surface area contributed by atoms with E-state index in [0.717, 1.165) is 16.5 Å². The third-order valence-corrected chi connectivity index (χ3v) is 10.2. The normalized spacial score (nSPS) is 31.9. The molecule has 0 aliphatic carbocycles. The molecule has 4 heterocycles. The number of thioether (sulfide) groups is 1. The average Bonchev–Trinajstić information content (AvgIpc) is 3.23. The number of hydrogen-bond acceptors (Lipinski definition) is 5. The molecule has 2 aromatic carbocycles. The first-order chi connectivity index (χ1) is 17.9. The SMILES string of the molecule is CC[C@@H](CO)N1C(=O)[C@@H]2[C@H]3C(=O)N(C)CC=C[C@H]3S[C@@]23C=CCN(c2ccc4ccccc4c2)C(=O)C13. The fourth-order valence-electron chi connectivity index (χ4n) is 6.59. The summed E-state index contributed by atoms with van der Waals surface area (Å²) in [6, 6.07) is 12.7. The summed E-state index contributed by atoms with van der Waals surface area (Å²) in [5.74, 6) is -1.65. The molecular weight excluding hydrogens is 486 g/mol. The molecule has 0 aromatic heterocycles. The highest BCUT2D eigenvalue weighted by Gasteiger charge is 2.71. The molecule has 6 atom stereocenters. The number of carbonyl (C=O) groups excluding carboxylic acids is 3. The monoisotopic (exact) mass is 517 g/mol. The Morgan fingerprint density at radius 2 is 1.81 bits per heavy atom. The Balaban J connectivity index is 1.48. The van der Waals surface area contributed by atoms with Gasteiger partial charge in [-0.15, -0.1) is 11.8 Å². The summed E-state index contributed by atoms with van der Waals surface area (Å²) in [5.41, 5.74) is 0.770. The highest BCUT2D eigenvalue weighted by molar-refractivity contribution is 8.02. The lowest BCUT2D eigenvalue weighted by atomic mass is 9.78. The van der Waals surface area contributed by atoms with Crippen LogP contribution in [0, 0.1) is 11.8 Å². The number of nitrogens with zero attached hydrogens (tertiary/aromatic N) is 3. The van der Waals surface area contributed by atoms with Crippen molar-refractivity contribution in [3.05, 3.63) is 66.8 Å². The summed E-state index contributed by atoms with van der Waals surface area (Å²) in [4.78, 5) is 47.2. The number of likely N-dealkylation sites (tertiary alicyclic amines) is 1. The van der Waals surface area contributed by atoms with Crippen molar-refractivity contribution >= 4 is 45.9 Å². The smallest absolute Gasteiger partial charge is 0.251 e. The minimum absolute atomic E-state index is 0.0631. The number of aliphatic hydroxyl groups excluding tert-OH is 1. The summed E-state index contributed by atoms with van der Waals surface area (Å²) >= 11 is 1.57. The van der Waals surface area contributed by atoms with Gasteiger partial charge in [-0.1, -0.05) is 61.6 Å². The Labute approximate surface area is 220 Å². The van der Waals surface area contributed by atoms with Gasteiger partial charge in [-0.3, -0.25) is 14.4 Å². The van der Waals surface area contributed by atoms with Crippen LogP contribution in [-0.4, -0.2) is 81.5 Å². The van der Waals surface area contributed by atoms with Crippen molar-refractivity contribution in [2.24, 2.45) is 11.8 Å². The lowest BCUT2D eigenvalue weighted by Gasteiger charge is -2.38. The van der Waals surface area contributed by atoms with Crippen LogP contribution >= 0.6 is 11.8 Å². The summed E-state index contributed by atoms with van der Waals surface area (Å²) in [6.07, 6.45) is 8.53. The van der Waals surface area contributed by atoms with Crippen LogP contribution < -0.4 is 4.90 Å². The fourth-order valence-corrected chi connectivity index (χ4v) is 8.58. The van der Waals surface area contributed by atoms with Gasteiger partial charge in [-0.25, -0.2) is 0 Å². The van der Waals surface area contributed by atoms with Crippen molar-refractivity contribution in [3.63, 3.8) is 0 Å². The molecule has 8 heteroatoms. The summed E-state index contributed by atoms with van der Waals surface area (Å²) in [6.45, 7) is 2.56. The van der Waals surface area contributed by atoms with Gasteiger partial charge in [0.05, 0.1) is 29.2 Å². The van der Waals surface area contributed by atoms with Gasteiger partial charge in [-0.2, -0.15) is 0 Å². The van der Waals surface area contributed by atoms with Crippen LogP contribution in [0.15, 0.2) is 66.8 Å². The molecule has 1 N–H and O–H groups in total. The number of aliphatic hydroxyl groups is 1. The Kier molecular flexibility index (Phi) is 5.92. The molecule has 192 valence electrons. The predicted molar refractivity (Wildman–Crippen MR) is 145 cm³/mol. The van der Waals surface area contributed by atoms with Gasteiger partial charge in [0.2, 0.25) is 11.8 Å². The molecule has 37 heavy (non-hydrogen) atoms. The molecule has 2 saturated heterocycles. The zero-order valence-corrected chi connectivity index (χ0v) is 21.8. The molecule has 3 amide bonds. The van der Waals surface area contributed by atoms with E-state index in [4.69, 9.17) is 0 Å². The summed E-state index contributed by atoms with van der Waals surface area (Å²) < 4.78 is -0.879. The maximum atomic E-state index is 14.5. The van der Waals surface area contributed by atoms with Crippen molar-refractivity contribution in [2.75, 3.05) is 31.6 Å². The van der Waals surface area contributed by atoms with Gasteiger partial charge in [0.1, 0.15) is 6.04 Å². The number of likely N-dealkylation sites (N-methyl/N-ethyl adjacent to an activating group) is 1. The largest absolute Gasteiger partial charge is 0.394 e. The van der Waals surface area contributed by atoms with Crippen molar-refractivity contribution < 1.29 is 19.5 Å². The lowest BCUT2D eigenvalue weighted by molar-refractivity contribution is -0.144. The van der Waals surface area contributed by atoms with E-state index in [0.29, 0.717) is 19.5 Å². The van der Waals surface area contributed by atoms with Gasteiger partial charge < -0.3 is 19.8 Å². The van der Waals surface area contributed by atoms with E-state index >= 15 is 0 Å². The van der Waals surface area contributed by atoms with Crippen LogP contribution in [0.2, 0.25) is 0 Å². The average molecular weight is 518 g/mol. The van der Waals surface area contributed by atoms with E-state index in [-0.39, 0.29) is 29.6 Å². The number of benzene rings is 2. The molecule has 1 spiro atoms. The molecule has 0 radical (unpaired) electrons. The third-order valence-electron chi connectivity index (χ3n) is 8.42. The number of anilines is 1. The molecule has 2 fully saturated rings. The first-order valence-electron chi connectivity index (χ1n) is 12.9. The van der Waals surface area contributed by atoms with Crippen LogP contribution in [0.3, 0.4) is 0 Å². The van der Waals surface area contributed by atoms with Crippen LogP contribution in [0.25, 0.3) is 10.8 Å². The van der Waals surface area contributed by atoms with Crippen LogP contribution in [-0.2, 0) is 14.4 Å². The second-order valence-corrected chi connectivity index (χ2v) is 11.8. The number of rotatable bonds is 4. The standard InChI is InChI=1S/C29H31N3O4S/c1-3-20(17-33)32-25-28(36)31(21-12-11-18-8-4-5-9-19(18)16-21)15-7-13-29(25)24(27(32)35)23-22(37-29)10-6-14-30(2)26(23)34/h4-13,16,20,22-25,33H,3,14-15,17H2,1-2H3/t20-,22+,23-,24-,25?,29-/m0/s1. The summed E-state index contributed by atoms with van der Waals surface area (Å²) in [5, 5.41) is 12.2. The van der Waals surface area contributed by atoms with E-state index < -0.39 is 28.7 Å². The fraction of sp³-hybridized carbons (Fsp3) is 0.414. The van der Waals surface area contributed by atoms with Crippen molar-refractivity contribution in [3.8, 4) is 0 Å². The molecule has 7 nitrogen and oxygen atoms in total. The van der Waals surface area contributed by atoms with E-state index in [1.54, 1.807) is 33.5 Å². The predicted octanol–water partition coefficient (Wildman–Crippen LogP) is 2.84. The molecule has 0 saturated carbocycles. The van der Waals surface area contributed by atoms with Gasteiger partial charge in [0.25, 0.3) is 5.91 Å². The third kappa shape index (κ3) is 3.49. The minimum Gasteiger partial charge on any atom is -0.394 e. The first-order valence-corrected chi connectivity index (χ1v) is 13.8. The van der Waals surface area contributed by atoms with Gasteiger partial charge in [-0.05, 0) is 29.3 Å². The second kappa shape index (κ2) is 9.03. The van der Waals surface area contributed by atoms with Gasteiger partial charge in [0, 0.05) is 31.1 Å². The van der Waals surface area contributed by atoms with Crippen LogP contribution in [0.4, 0.5) is 5.69 Å². The quantitative estimate of drug-likeness (QED) is 0.631. The summed E-state index contributed by atoms with van der Waals surface area (Å²) in [7, 11) is 1.76. The van der Waals surface area contributed by atoms with E-state index in [1.807, 2.05) is 73.7 Å². The van der Waals surface area contributed by atoms with Crippen molar-refractivity contribution in [1.29, 1.82) is 0 Å². The first kappa shape index (κ1) is 24.2. The lowest BCUT2D eigenvalue weighted by Crippen LogP contribution is -2.56. The maximum absolute atomic E-state index is 14.5. The number of fused-ring (bicyclic) bond motifs is 3. The molecular formula is C29H31N3O4S. The number of amides is 3.